The molecule has 0 aliphatic rings. The van der Waals surface area contributed by atoms with E-state index < -0.39 is 11.8 Å². The van der Waals surface area contributed by atoms with E-state index in [0.29, 0.717) is 22.6 Å². The first-order valence-electron chi connectivity index (χ1n) is 7.58. The van der Waals surface area contributed by atoms with Crippen LogP contribution < -0.4 is 4.74 Å². The van der Waals surface area contributed by atoms with Gasteiger partial charge in [0.2, 0.25) is 0 Å². The summed E-state index contributed by atoms with van der Waals surface area (Å²) in [6, 6.07) is 8.18. The third-order valence-electron chi connectivity index (χ3n) is 4.10. The molecule has 24 heavy (non-hydrogen) atoms. The van der Waals surface area contributed by atoms with Gasteiger partial charge in [-0.05, 0) is 54.8 Å². The van der Waals surface area contributed by atoms with E-state index in [0.717, 1.165) is 22.0 Å². The van der Waals surface area contributed by atoms with E-state index in [9.17, 15) is 14.3 Å². The van der Waals surface area contributed by atoms with Crippen molar-refractivity contribution in [2.24, 2.45) is 0 Å². The van der Waals surface area contributed by atoms with E-state index in [4.69, 9.17) is 4.74 Å². The SMILES string of the molecule is COc1ccc(F)cc1-c1[nH]c2cc(C)cc(C)c2c1CC(=O)O. The number of aromatic amines is 1. The summed E-state index contributed by atoms with van der Waals surface area (Å²) in [5.41, 5.74) is 4.63. The molecule has 0 atom stereocenters. The van der Waals surface area contributed by atoms with E-state index in [1.54, 1.807) is 6.07 Å². The number of aromatic nitrogens is 1. The minimum Gasteiger partial charge on any atom is -0.496 e. The van der Waals surface area contributed by atoms with Crippen molar-refractivity contribution < 1.29 is 19.0 Å². The number of rotatable bonds is 4. The molecule has 0 aliphatic heterocycles. The van der Waals surface area contributed by atoms with E-state index in [-0.39, 0.29) is 6.42 Å². The van der Waals surface area contributed by atoms with E-state index in [1.807, 2.05) is 26.0 Å². The van der Waals surface area contributed by atoms with E-state index in [2.05, 4.69) is 4.98 Å². The second-order valence-electron chi connectivity index (χ2n) is 5.90. The molecular formula is C19H18FNO3. The van der Waals surface area contributed by atoms with Crippen LogP contribution in [0.4, 0.5) is 4.39 Å². The Hall–Kier alpha value is -2.82. The van der Waals surface area contributed by atoms with Crippen molar-refractivity contribution in [3.05, 3.63) is 52.8 Å². The van der Waals surface area contributed by atoms with Gasteiger partial charge in [0.1, 0.15) is 11.6 Å². The highest BCUT2D eigenvalue weighted by atomic mass is 19.1. The summed E-state index contributed by atoms with van der Waals surface area (Å²) < 4.78 is 19.1. The van der Waals surface area contributed by atoms with Gasteiger partial charge in [-0.1, -0.05) is 6.07 Å². The van der Waals surface area contributed by atoms with Crippen molar-refractivity contribution in [2.45, 2.75) is 20.3 Å². The molecule has 0 radical (unpaired) electrons. The first-order valence-corrected chi connectivity index (χ1v) is 7.58. The molecule has 2 N–H and O–H groups in total. The summed E-state index contributed by atoms with van der Waals surface area (Å²) in [5.74, 6) is -0.852. The van der Waals surface area contributed by atoms with Crippen LogP contribution in [0, 0.1) is 19.7 Å². The predicted octanol–water partition coefficient (Wildman–Crippen LogP) is 4.23. The third-order valence-corrected chi connectivity index (χ3v) is 4.10. The van der Waals surface area contributed by atoms with Gasteiger partial charge in [-0.3, -0.25) is 4.79 Å². The third kappa shape index (κ3) is 2.73. The molecule has 0 saturated heterocycles. The number of carboxylic acids is 1. The smallest absolute Gasteiger partial charge is 0.307 e. The molecule has 3 aromatic rings. The maximum Gasteiger partial charge on any atom is 0.307 e. The van der Waals surface area contributed by atoms with Crippen molar-refractivity contribution in [3.63, 3.8) is 0 Å². The van der Waals surface area contributed by atoms with Crippen LogP contribution >= 0.6 is 0 Å². The lowest BCUT2D eigenvalue weighted by molar-refractivity contribution is -0.136. The van der Waals surface area contributed by atoms with Crippen molar-refractivity contribution in [1.29, 1.82) is 0 Å². The zero-order valence-corrected chi connectivity index (χ0v) is 13.7. The van der Waals surface area contributed by atoms with Crippen LogP contribution in [0.5, 0.6) is 5.75 Å². The van der Waals surface area contributed by atoms with Gasteiger partial charge >= 0.3 is 5.97 Å². The number of aryl methyl sites for hydroxylation is 2. The number of nitrogens with one attached hydrogen (secondary N) is 1. The van der Waals surface area contributed by atoms with Gasteiger partial charge in [0.25, 0.3) is 0 Å². The van der Waals surface area contributed by atoms with Gasteiger partial charge in [0.05, 0.1) is 19.2 Å². The number of H-pyrrole nitrogens is 1. The molecule has 2 aromatic carbocycles. The van der Waals surface area contributed by atoms with Gasteiger partial charge < -0.3 is 14.8 Å². The quantitative estimate of drug-likeness (QED) is 0.754. The molecule has 1 aromatic heterocycles. The summed E-state index contributed by atoms with van der Waals surface area (Å²) >= 11 is 0. The van der Waals surface area contributed by atoms with Gasteiger partial charge in [0.15, 0.2) is 0 Å². The maximum atomic E-state index is 13.8. The molecule has 0 bridgehead atoms. The largest absolute Gasteiger partial charge is 0.496 e. The van der Waals surface area contributed by atoms with Gasteiger partial charge in [0, 0.05) is 16.5 Å². The zero-order chi connectivity index (χ0) is 17.4. The monoisotopic (exact) mass is 327 g/mol. The second-order valence-corrected chi connectivity index (χ2v) is 5.90. The number of fused-ring (bicyclic) bond motifs is 1. The Bertz CT molecular complexity index is 943. The minimum absolute atomic E-state index is 0.154. The van der Waals surface area contributed by atoms with Crippen molar-refractivity contribution >= 4 is 16.9 Å². The maximum absolute atomic E-state index is 13.8. The number of carboxylic acid groups (broad SMARTS) is 1. The number of hydrogen-bond donors (Lipinski definition) is 2. The number of aliphatic carboxylic acids is 1. The molecular weight excluding hydrogens is 309 g/mol. The lowest BCUT2D eigenvalue weighted by Gasteiger charge is -2.09. The zero-order valence-electron chi connectivity index (χ0n) is 13.7. The van der Waals surface area contributed by atoms with Crippen molar-refractivity contribution in [3.8, 4) is 17.0 Å². The Kier molecular flexibility index (Phi) is 4.01. The normalized spacial score (nSPS) is 11.0. The molecule has 0 saturated carbocycles. The molecule has 124 valence electrons. The highest BCUT2D eigenvalue weighted by Gasteiger charge is 2.20. The number of ether oxygens (including phenoxy) is 1. The van der Waals surface area contributed by atoms with Crippen LogP contribution in [-0.2, 0) is 11.2 Å². The molecule has 3 rings (SSSR count). The second kappa shape index (κ2) is 6.00. The van der Waals surface area contributed by atoms with E-state index in [1.165, 1.54) is 19.2 Å². The molecule has 0 unspecified atom stereocenters. The number of halogens is 1. The Morgan fingerprint density at radius 3 is 2.67 bits per heavy atom. The molecule has 0 aliphatic carbocycles. The van der Waals surface area contributed by atoms with Gasteiger partial charge in [-0.25, -0.2) is 4.39 Å². The van der Waals surface area contributed by atoms with Crippen LogP contribution in [0.25, 0.3) is 22.2 Å². The summed E-state index contributed by atoms with van der Waals surface area (Å²) in [6.07, 6.45) is -0.154. The number of methoxy groups -OCH3 is 1. The summed E-state index contributed by atoms with van der Waals surface area (Å²) in [5, 5.41) is 10.2. The van der Waals surface area contributed by atoms with Crippen LogP contribution in [0.1, 0.15) is 16.7 Å². The lowest BCUT2D eigenvalue weighted by Crippen LogP contribution is -2.02. The topological polar surface area (TPSA) is 62.3 Å². The average Bonchev–Trinajstić information content (AvgIpc) is 2.84. The lowest BCUT2D eigenvalue weighted by atomic mass is 9.98. The van der Waals surface area contributed by atoms with Crippen LogP contribution in [0.2, 0.25) is 0 Å². The number of hydrogen-bond acceptors (Lipinski definition) is 2. The summed E-state index contributed by atoms with van der Waals surface area (Å²) in [7, 11) is 1.51. The van der Waals surface area contributed by atoms with E-state index >= 15 is 0 Å². The van der Waals surface area contributed by atoms with Crippen molar-refractivity contribution in [2.75, 3.05) is 7.11 Å². The van der Waals surface area contributed by atoms with Crippen LogP contribution in [0.15, 0.2) is 30.3 Å². The summed E-state index contributed by atoms with van der Waals surface area (Å²) in [6.45, 7) is 3.92. The fourth-order valence-electron chi connectivity index (χ4n) is 3.24. The Morgan fingerprint density at radius 1 is 1.25 bits per heavy atom. The molecule has 0 amide bonds. The fraction of sp³-hybridized carbons (Fsp3) is 0.211. The van der Waals surface area contributed by atoms with Crippen LogP contribution in [-0.4, -0.2) is 23.2 Å². The Labute approximate surface area is 138 Å². The molecule has 5 heteroatoms. The molecule has 0 fully saturated rings. The van der Waals surface area contributed by atoms with Gasteiger partial charge in [-0.2, -0.15) is 0 Å². The number of carbonyl (C=O) groups is 1. The van der Waals surface area contributed by atoms with Crippen molar-refractivity contribution in [1.82, 2.24) is 4.98 Å². The predicted molar refractivity (Wildman–Crippen MR) is 91.1 cm³/mol. The Balaban J connectivity index is 2.37. The van der Waals surface area contributed by atoms with Crippen LogP contribution in [0.3, 0.4) is 0 Å². The number of benzene rings is 2. The first-order chi connectivity index (χ1) is 11.4. The molecule has 0 spiro atoms. The molecule has 1 heterocycles. The fourth-order valence-corrected chi connectivity index (χ4v) is 3.24. The molecule has 4 nitrogen and oxygen atoms in total. The standard InChI is InChI=1S/C19H18FNO3/c1-10-6-11(2)18-14(9-17(22)23)19(21-15(18)7-10)13-8-12(20)4-5-16(13)24-3/h4-8,21H,9H2,1-3H3,(H,22,23). The minimum atomic E-state index is -0.938. The van der Waals surface area contributed by atoms with Gasteiger partial charge in [-0.15, -0.1) is 0 Å². The summed E-state index contributed by atoms with van der Waals surface area (Å²) in [4.78, 5) is 14.6. The average molecular weight is 327 g/mol. The highest BCUT2D eigenvalue weighted by Crippen LogP contribution is 2.38. The first kappa shape index (κ1) is 16.1. The Morgan fingerprint density at radius 2 is 2.00 bits per heavy atom. The highest BCUT2D eigenvalue weighted by molar-refractivity contribution is 5.97.